The highest BCUT2D eigenvalue weighted by atomic mass is 79.9. The van der Waals surface area contributed by atoms with Crippen LogP contribution in [-0.4, -0.2) is 22.4 Å². The van der Waals surface area contributed by atoms with Crippen molar-refractivity contribution in [1.29, 1.82) is 0 Å². The fourth-order valence-corrected chi connectivity index (χ4v) is 2.65. The van der Waals surface area contributed by atoms with E-state index in [9.17, 15) is 0 Å². The second kappa shape index (κ2) is 5.53. The molecule has 1 atom stereocenters. The largest absolute Gasteiger partial charge is 0.314 e. The van der Waals surface area contributed by atoms with E-state index in [2.05, 4.69) is 40.2 Å². The molecule has 0 aromatic carbocycles. The molecule has 0 bridgehead atoms. The van der Waals surface area contributed by atoms with Crippen molar-refractivity contribution in [3.05, 3.63) is 15.9 Å². The van der Waals surface area contributed by atoms with Crippen molar-refractivity contribution in [3.8, 4) is 0 Å². The van der Waals surface area contributed by atoms with Crippen LogP contribution in [0.2, 0.25) is 0 Å². The lowest BCUT2D eigenvalue weighted by atomic mass is 10.00. The third-order valence-electron chi connectivity index (χ3n) is 3.59. The number of halogens is 1. The smallest absolute Gasteiger partial charge is 0.0738 e. The van der Waals surface area contributed by atoms with Gasteiger partial charge in [0, 0.05) is 13.1 Å². The molecule has 1 aliphatic carbocycles. The van der Waals surface area contributed by atoms with Crippen molar-refractivity contribution in [1.82, 2.24) is 15.1 Å². The Hall–Kier alpha value is -0.350. The maximum absolute atomic E-state index is 4.45. The summed E-state index contributed by atoms with van der Waals surface area (Å²) in [5.74, 6) is 0.710. The molecular formula is C13H22BrN3. The van der Waals surface area contributed by atoms with Gasteiger partial charge in [0.2, 0.25) is 0 Å². The lowest BCUT2D eigenvalue weighted by Gasteiger charge is -2.16. The fraction of sp³-hybridized carbons (Fsp3) is 0.769. The van der Waals surface area contributed by atoms with Gasteiger partial charge in [0.15, 0.2) is 0 Å². The van der Waals surface area contributed by atoms with Crippen LogP contribution in [0.25, 0.3) is 0 Å². The Morgan fingerprint density at radius 2 is 2.24 bits per heavy atom. The average molecular weight is 300 g/mol. The molecule has 0 radical (unpaired) electrons. The normalized spacial score (nSPS) is 17.4. The summed E-state index contributed by atoms with van der Waals surface area (Å²) in [6, 6.07) is 0.806. The molecule has 1 aromatic heterocycles. The first kappa shape index (κ1) is 13.1. The summed E-state index contributed by atoms with van der Waals surface area (Å²) in [6.07, 6.45) is 5.06. The first-order chi connectivity index (χ1) is 8.11. The molecule has 0 spiro atoms. The minimum Gasteiger partial charge on any atom is -0.314 e. The maximum Gasteiger partial charge on any atom is 0.0738 e. The number of aromatic nitrogens is 2. The van der Waals surface area contributed by atoms with E-state index >= 15 is 0 Å². The molecule has 0 amide bonds. The highest BCUT2D eigenvalue weighted by molar-refractivity contribution is 9.10. The van der Waals surface area contributed by atoms with Gasteiger partial charge in [-0.2, -0.15) is 5.10 Å². The molecule has 0 aliphatic heterocycles. The van der Waals surface area contributed by atoms with Gasteiger partial charge in [0.1, 0.15) is 0 Å². The summed E-state index contributed by atoms with van der Waals surface area (Å²) < 4.78 is 3.20. The van der Waals surface area contributed by atoms with Crippen molar-refractivity contribution in [2.24, 2.45) is 13.0 Å². The third kappa shape index (κ3) is 3.32. The number of hydrogen-bond donors (Lipinski definition) is 1. The van der Waals surface area contributed by atoms with Crippen LogP contribution in [0.15, 0.2) is 4.47 Å². The van der Waals surface area contributed by atoms with Crippen LogP contribution in [0.5, 0.6) is 0 Å². The first-order valence-electron chi connectivity index (χ1n) is 6.53. The summed E-state index contributed by atoms with van der Waals surface area (Å²) in [5.41, 5.74) is 2.42. The lowest BCUT2D eigenvalue weighted by molar-refractivity contribution is 0.446. The Morgan fingerprint density at radius 1 is 1.53 bits per heavy atom. The SMILES string of the molecule is CCC(CNC1CC1)Cc1c(Br)c(C)nn1C. The van der Waals surface area contributed by atoms with Crippen LogP contribution < -0.4 is 5.32 Å². The number of hydrogen-bond acceptors (Lipinski definition) is 2. The summed E-state index contributed by atoms with van der Waals surface area (Å²) in [4.78, 5) is 0. The molecule has 1 aromatic rings. The third-order valence-corrected chi connectivity index (χ3v) is 4.63. The van der Waals surface area contributed by atoms with Gasteiger partial charge in [-0.05, 0) is 54.6 Å². The van der Waals surface area contributed by atoms with E-state index in [-0.39, 0.29) is 0 Å². The zero-order valence-corrected chi connectivity index (χ0v) is 12.5. The Balaban J connectivity index is 1.95. The van der Waals surface area contributed by atoms with Crippen LogP contribution in [0.1, 0.15) is 37.6 Å². The van der Waals surface area contributed by atoms with E-state index in [1.165, 1.54) is 29.4 Å². The summed E-state index contributed by atoms with van der Waals surface area (Å²) in [7, 11) is 2.04. The van der Waals surface area contributed by atoms with Gasteiger partial charge < -0.3 is 5.32 Å². The Bertz CT molecular complexity index is 382. The van der Waals surface area contributed by atoms with Crippen LogP contribution in [-0.2, 0) is 13.5 Å². The standard InChI is InChI=1S/C13H22BrN3/c1-4-10(8-15-11-5-6-11)7-12-13(14)9(2)16-17(12)3/h10-11,15H,4-8H2,1-3H3. The molecule has 3 nitrogen and oxygen atoms in total. The molecule has 1 saturated carbocycles. The summed E-state index contributed by atoms with van der Waals surface area (Å²) in [5, 5.41) is 8.08. The van der Waals surface area contributed by atoms with Gasteiger partial charge in [0.05, 0.1) is 15.9 Å². The summed E-state index contributed by atoms with van der Waals surface area (Å²) in [6.45, 7) is 5.46. The molecule has 1 aliphatic rings. The van der Waals surface area contributed by atoms with Gasteiger partial charge in [-0.3, -0.25) is 4.68 Å². The van der Waals surface area contributed by atoms with Crippen molar-refractivity contribution >= 4 is 15.9 Å². The second-order valence-electron chi connectivity index (χ2n) is 5.13. The molecule has 1 N–H and O–H groups in total. The van der Waals surface area contributed by atoms with Crippen molar-refractivity contribution in [2.45, 2.75) is 45.6 Å². The van der Waals surface area contributed by atoms with E-state index in [1.807, 2.05) is 11.7 Å². The molecule has 2 rings (SSSR count). The van der Waals surface area contributed by atoms with Crippen LogP contribution in [0, 0.1) is 12.8 Å². The van der Waals surface area contributed by atoms with E-state index in [0.717, 1.165) is 24.7 Å². The van der Waals surface area contributed by atoms with Gasteiger partial charge in [-0.1, -0.05) is 13.3 Å². The van der Waals surface area contributed by atoms with Crippen LogP contribution >= 0.6 is 15.9 Å². The fourth-order valence-electron chi connectivity index (χ4n) is 2.16. The minimum absolute atomic E-state index is 0.710. The number of aryl methyl sites for hydroxylation is 2. The Kier molecular flexibility index (Phi) is 4.26. The molecule has 1 unspecified atom stereocenters. The van der Waals surface area contributed by atoms with Crippen LogP contribution in [0.3, 0.4) is 0 Å². The molecule has 17 heavy (non-hydrogen) atoms. The van der Waals surface area contributed by atoms with Gasteiger partial charge in [0.25, 0.3) is 0 Å². The Morgan fingerprint density at radius 3 is 2.71 bits per heavy atom. The topological polar surface area (TPSA) is 29.9 Å². The number of rotatable bonds is 6. The second-order valence-corrected chi connectivity index (χ2v) is 5.92. The minimum atomic E-state index is 0.710. The van der Waals surface area contributed by atoms with E-state index in [1.54, 1.807) is 0 Å². The highest BCUT2D eigenvalue weighted by Crippen LogP contribution is 2.25. The molecule has 1 fully saturated rings. The zero-order chi connectivity index (χ0) is 12.4. The van der Waals surface area contributed by atoms with Crippen molar-refractivity contribution in [2.75, 3.05) is 6.54 Å². The van der Waals surface area contributed by atoms with E-state index in [4.69, 9.17) is 0 Å². The van der Waals surface area contributed by atoms with E-state index < -0.39 is 0 Å². The quantitative estimate of drug-likeness (QED) is 0.875. The first-order valence-corrected chi connectivity index (χ1v) is 7.32. The predicted octanol–water partition coefficient (Wildman–Crippen LogP) is 2.81. The van der Waals surface area contributed by atoms with Gasteiger partial charge in [-0.25, -0.2) is 0 Å². The van der Waals surface area contributed by atoms with Gasteiger partial charge in [-0.15, -0.1) is 0 Å². The molecule has 96 valence electrons. The molecular weight excluding hydrogens is 278 g/mol. The van der Waals surface area contributed by atoms with Crippen molar-refractivity contribution in [3.63, 3.8) is 0 Å². The monoisotopic (exact) mass is 299 g/mol. The Labute approximate surface area is 112 Å². The van der Waals surface area contributed by atoms with E-state index in [0.29, 0.717) is 5.92 Å². The maximum atomic E-state index is 4.45. The molecule has 0 saturated heterocycles. The average Bonchev–Trinajstić information content (AvgIpc) is 3.08. The summed E-state index contributed by atoms with van der Waals surface area (Å²) >= 11 is 3.65. The number of nitrogens with zero attached hydrogens (tertiary/aromatic N) is 2. The van der Waals surface area contributed by atoms with Gasteiger partial charge >= 0.3 is 0 Å². The predicted molar refractivity (Wildman–Crippen MR) is 74.2 cm³/mol. The van der Waals surface area contributed by atoms with Crippen LogP contribution in [0.4, 0.5) is 0 Å². The number of nitrogens with one attached hydrogen (secondary N) is 1. The van der Waals surface area contributed by atoms with Crippen molar-refractivity contribution < 1.29 is 0 Å². The molecule has 4 heteroatoms. The highest BCUT2D eigenvalue weighted by Gasteiger charge is 2.22. The molecule has 1 heterocycles. The zero-order valence-electron chi connectivity index (χ0n) is 11.0. The lowest BCUT2D eigenvalue weighted by Crippen LogP contribution is -2.26.